The molecule has 0 bridgehead atoms. The van der Waals surface area contributed by atoms with Gasteiger partial charge in [-0.2, -0.15) is 0 Å². The summed E-state index contributed by atoms with van der Waals surface area (Å²) in [6.45, 7) is 3.64. The van der Waals surface area contributed by atoms with E-state index in [9.17, 15) is 9.59 Å². The van der Waals surface area contributed by atoms with Crippen molar-refractivity contribution in [2.24, 2.45) is 4.99 Å². The topological polar surface area (TPSA) is 97.6 Å². The highest BCUT2D eigenvalue weighted by Gasteiger charge is 2.35. The van der Waals surface area contributed by atoms with Crippen molar-refractivity contribution in [3.05, 3.63) is 78.5 Å². The van der Waals surface area contributed by atoms with Gasteiger partial charge in [-0.25, -0.2) is 9.79 Å². The van der Waals surface area contributed by atoms with Crippen molar-refractivity contribution >= 4 is 23.4 Å². The lowest BCUT2D eigenvalue weighted by Gasteiger charge is -2.26. The standard InChI is InChI=1S/C27H28N2O7S/c1-7-36-26(31)22-15(2)28-27-29(23(22)18-14-17(32-3)11-12-19(18)33-4)25(30)21(37-27)13-16-9-8-10-20(34-5)24(16)35-6/h8-14,23H,7H2,1-6H3/b21-13+. The molecule has 10 heteroatoms. The van der Waals surface area contributed by atoms with Crippen molar-refractivity contribution < 1.29 is 28.5 Å². The van der Waals surface area contributed by atoms with Crippen LogP contribution >= 0.6 is 11.3 Å². The van der Waals surface area contributed by atoms with Crippen LogP contribution in [0.15, 0.2) is 57.5 Å². The van der Waals surface area contributed by atoms with Gasteiger partial charge in [-0.1, -0.05) is 23.5 Å². The van der Waals surface area contributed by atoms with Gasteiger partial charge in [-0.3, -0.25) is 9.36 Å². The maximum Gasteiger partial charge on any atom is 0.338 e. The van der Waals surface area contributed by atoms with Gasteiger partial charge in [0.15, 0.2) is 16.3 Å². The van der Waals surface area contributed by atoms with E-state index in [-0.39, 0.29) is 17.7 Å². The highest BCUT2D eigenvalue weighted by atomic mass is 32.1. The van der Waals surface area contributed by atoms with Crippen molar-refractivity contribution in [3.63, 3.8) is 0 Å². The first-order valence-electron chi connectivity index (χ1n) is 11.5. The van der Waals surface area contributed by atoms with Crippen LogP contribution in [0.1, 0.15) is 31.0 Å². The SMILES string of the molecule is CCOC(=O)C1=C(C)N=c2s/c(=C/c3cccc(OC)c3OC)c(=O)n2C1c1cc(OC)ccc1OC. The number of allylic oxidation sites excluding steroid dienone is 1. The highest BCUT2D eigenvalue weighted by Crippen LogP contribution is 2.38. The highest BCUT2D eigenvalue weighted by molar-refractivity contribution is 7.07. The molecule has 1 atom stereocenters. The second kappa shape index (κ2) is 10.9. The van der Waals surface area contributed by atoms with Crippen LogP contribution in [0.5, 0.6) is 23.0 Å². The first-order chi connectivity index (χ1) is 17.9. The van der Waals surface area contributed by atoms with E-state index in [0.29, 0.717) is 49.2 Å². The van der Waals surface area contributed by atoms with Crippen LogP contribution in [0.4, 0.5) is 0 Å². The molecular weight excluding hydrogens is 496 g/mol. The van der Waals surface area contributed by atoms with Crippen molar-refractivity contribution in [1.29, 1.82) is 0 Å². The summed E-state index contributed by atoms with van der Waals surface area (Å²) < 4.78 is 29.3. The van der Waals surface area contributed by atoms with E-state index in [2.05, 4.69) is 4.99 Å². The molecule has 1 aliphatic heterocycles. The largest absolute Gasteiger partial charge is 0.497 e. The average molecular weight is 525 g/mol. The summed E-state index contributed by atoms with van der Waals surface area (Å²) in [5.41, 5.74) is 1.64. The molecule has 0 spiro atoms. The van der Waals surface area contributed by atoms with Gasteiger partial charge in [0, 0.05) is 11.1 Å². The minimum Gasteiger partial charge on any atom is -0.497 e. The third-order valence-corrected chi connectivity index (χ3v) is 6.95. The van der Waals surface area contributed by atoms with Gasteiger partial charge in [0.25, 0.3) is 5.56 Å². The number of methoxy groups -OCH3 is 4. The zero-order valence-electron chi connectivity index (χ0n) is 21.5. The second-order valence-electron chi connectivity index (χ2n) is 7.99. The number of carbonyl (C=O) groups is 1. The first-order valence-corrected chi connectivity index (χ1v) is 12.3. The first kappa shape index (κ1) is 26.0. The predicted octanol–water partition coefficient (Wildman–Crippen LogP) is 2.83. The molecule has 194 valence electrons. The van der Waals surface area contributed by atoms with Crippen LogP contribution in [-0.2, 0) is 9.53 Å². The molecule has 9 nitrogen and oxygen atoms in total. The number of ether oxygens (including phenoxy) is 5. The quantitative estimate of drug-likeness (QED) is 0.418. The summed E-state index contributed by atoms with van der Waals surface area (Å²) in [6, 6.07) is 9.83. The summed E-state index contributed by atoms with van der Waals surface area (Å²) in [4.78, 5) is 32.1. The Balaban J connectivity index is 2.03. The molecule has 0 saturated carbocycles. The van der Waals surface area contributed by atoms with Crippen LogP contribution < -0.4 is 33.8 Å². The summed E-state index contributed by atoms with van der Waals surface area (Å²) in [6.07, 6.45) is 1.73. The van der Waals surface area contributed by atoms with E-state index in [1.807, 2.05) is 12.1 Å². The van der Waals surface area contributed by atoms with Gasteiger partial charge in [0.1, 0.15) is 17.5 Å². The lowest BCUT2D eigenvalue weighted by molar-refractivity contribution is -0.139. The third-order valence-electron chi connectivity index (χ3n) is 5.97. The number of benzene rings is 2. The Bertz CT molecular complexity index is 1550. The summed E-state index contributed by atoms with van der Waals surface area (Å²) >= 11 is 1.22. The minimum atomic E-state index is -0.838. The Kier molecular flexibility index (Phi) is 7.68. The summed E-state index contributed by atoms with van der Waals surface area (Å²) in [7, 11) is 6.17. The van der Waals surface area contributed by atoms with E-state index in [1.54, 1.807) is 65.5 Å². The molecule has 2 heterocycles. The molecule has 2 aromatic carbocycles. The van der Waals surface area contributed by atoms with Gasteiger partial charge < -0.3 is 23.7 Å². The number of thiazole rings is 1. The van der Waals surface area contributed by atoms with Crippen LogP contribution in [0.3, 0.4) is 0 Å². The number of fused-ring (bicyclic) bond motifs is 1. The number of rotatable bonds is 8. The molecular formula is C27H28N2O7S. The molecule has 3 aromatic rings. The molecule has 1 aromatic heterocycles. The van der Waals surface area contributed by atoms with Gasteiger partial charge in [-0.05, 0) is 44.2 Å². The Morgan fingerprint density at radius 3 is 2.46 bits per heavy atom. The molecule has 37 heavy (non-hydrogen) atoms. The van der Waals surface area contributed by atoms with Gasteiger partial charge >= 0.3 is 5.97 Å². The maximum absolute atomic E-state index is 13.9. The normalized spacial score (nSPS) is 15.1. The van der Waals surface area contributed by atoms with Gasteiger partial charge in [0.05, 0.1) is 50.8 Å². The molecule has 0 N–H and O–H groups in total. The number of nitrogens with zero attached hydrogens (tertiary/aromatic N) is 2. The Hall–Kier alpha value is -4.05. The molecule has 0 aliphatic carbocycles. The van der Waals surface area contributed by atoms with Crippen molar-refractivity contribution in [2.75, 3.05) is 35.0 Å². The van der Waals surface area contributed by atoms with Crippen molar-refractivity contribution in [2.45, 2.75) is 19.9 Å². The minimum absolute atomic E-state index is 0.178. The monoisotopic (exact) mass is 524 g/mol. The molecule has 0 saturated heterocycles. The fraction of sp³-hybridized carbons (Fsp3) is 0.296. The van der Waals surface area contributed by atoms with Crippen LogP contribution in [0.25, 0.3) is 6.08 Å². The Labute approximate surface area is 217 Å². The fourth-order valence-corrected chi connectivity index (χ4v) is 5.34. The molecule has 4 rings (SSSR count). The third kappa shape index (κ3) is 4.72. The van der Waals surface area contributed by atoms with E-state index in [1.165, 1.54) is 23.0 Å². The van der Waals surface area contributed by atoms with Crippen LogP contribution in [-0.4, -0.2) is 45.6 Å². The van der Waals surface area contributed by atoms with Crippen LogP contribution in [0, 0.1) is 0 Å². The fourth-order valence-electron chi connectivity index (χ4n) is 4.31. The van der Waals surface area contributed by atoms with Crippen molar-refractivity contribution in [3.8, 4) is 23.0 Å². The van der Waals surface area contributed by atoms with E-state index >= 15 is 0 Å². The van der Waals surface area contributed by atoms with Crippen molar-refractivity contribution in [1.82, 2.24) is 4.57 Å². The van der Waals surface area contributed by atoms with E-state index in [0.717, 1.165) is 0 Å². The average Bonchev–Trinajstić information content (AvgIpc) is 3.21. The molecule has 0 fully saturated rings. The van der Waals surface area contributed by atoms with E-state index < -0.39 is 12.0 Å². The number of esters is 1. The number of carbonyl (C=O) groups excluding carboxylic acids is 1. The number of hydrogen-bond acceptors (Lipinski definition) is 9. The second-order valence-corrected chi connectivity index (χ2v) is 9.00. The van der Waals surface area contributed by atoms with E-state index in [4.69, 9.17) is 23.7 Å². The Morgan fingerprint density at radius 2 is 1.81 bits per heavy atom. The number of para-hydroxylation sites is 1. The summed E-state index contributed by atoms with van der Waals surface area (Å²) in [5.74, 6) is 1.54. The zero-order valence-corrected chi connectivity index (χ0v) is 22.3. The van der Waals surface area contributed by atoms with Gasteiger partial charge in [0.2, 0.25) is 0 Å². The maximum atomic E-state index is 13.9. The Morgan fingerprint density at radius 1 is 1.05 bits per heavy atom. The van der Waals surface area contributed by atoms with Gasteiger partial charge in [-0.15, -0.1) is 0 Å². The molecule has 0 amide bonds. The lowest BCUT2D eigenvalue weighted by Crippen LogP contribution is -2.40. The lowest BCUT2D eigenvalue weighted by atomic mass is 9.94. The molecule has 0 radical (unpaired) electrons. The summed E-state index contributed by atoms with van der Waals surface area (Å²) in [5, 5.41) is 0. The van der Waals surface area contributed by atoms with Crippen LogP contribution in [0.2, 0.25) is 0 Å². The molecule has 1 unspecified atom stereocenters. The molecule has 1 aliphatic rings. The number of hydrogen-bond donors (Lipinski definition) is 0. The smallest absolute Gasteiger partial charge is 0.338 e. The predicted molar refractivity (Wildman–Crippen MR) is 139 cm³/mol. The zero-order chi connectivity index (χ0) is 26.7. The number of aromatic nitrogens is 1.